The maximum absolute atomic E-state index is 11.7. The topological polar surface area (TPSA) is 26.3 Å². The van der Waals surface area contributed by atoms with Crippen LogP contribution in [0.1, 0.15) is 72.1 Å². The molecule has 2 aliphatic rings. The van der Waals surface area contributed by atoms with Crippen LogP contribution in [-0.2, 0) is 9.53 Å². The molecule has 2 saturated carbocycles. The Bertz CT molecular complexity index is 295. The van der Waals surface area contributed by atoms with E-state index < -0.39 is 0 Å². The number of carbonyl (C=O) groups excluding carboxylic acids is 1. The van der Waals surface area contributed by atoms with E-state index in [4.69, 9.17) is 4.74 Å². The second-order valence-corrected chi connectivity index (χ2v) is 6.86. The summed E-state index contributed by atoms with van der Waals surface area (Å²) in [6.07, 6.45) is 9.24. The number of hydrogen-bond acceptors (Lipinski definition) is 2. The molecule has 104 valence electrons. The van der Waals surface area contributed by atoms with E-state index in [1.54, 1.807) is 0 Å². The lowest BCUT2D eigenvalue weighted by Crippen LogP contribution is -2.44. The average Bonchev–Trinajstić information content (AvgIpc) is 2.30. The Morgan fingerprint density at radius 2 is 2.00 bits per heavy atom. The lowest BCUT2D eigenvalue weighted by Gasteiger charge is -2.49. The minimum atomic E-state index is 0.0199. The number of rotatable bonds is 3. The summed E-state index contributed by atoms with van der Waals surface area (Å²) in [5.41, 5.74) is 0.443. The van der Waals surface area contributed by atoms with Crippen molar-refractivity contribution < 1.29 is 9.53 Å². The van der Waals surface area contributed by atoms with Gasteiger partial charge < -0.3 is 4.74 Å². The lowest BCUT2D eigenvalue weighted by molar-refractivity contribution is -0.159. The van der Waals surface area contributed by atoms with Crippen molar-refractivity contribution >= 4 is 5.97 Å². The zero-order valence-electron chi connectivity index (χ0n) is 12.2. The SMILES string of the molecule is CCCC(=O)OC1CCC[C@@H]2[C@@H]1CCCC2(C)C. The third kappa shape index (κ3) is 2.89. The fourth-order valence-electron chi connectivity index (χ4n) is 4.14. The molecule has 2 heteroatoms. The molecule has 0 bridgehead atoms. The van der Waals surface area contributed by atoms with Gasteiger partial charge in [0.05, 0.1) is 0 Å². The third-order valence-corrected chi connectivity index (χ3v) is 5.10. The van der Waals surface area contributed by atoms with Gasteiger partial charge in [-0.1, -0.05) is 27.2 Å². The Morgan fingerprint density at radius 1 is 1.22 bits per heavy atom. The highest BCUT2D eigenvalue weighted by Gasteiger charge is 2.45. The molecule has 18 heavy (non-hydrogen) atoms. The number of esters is 1. The minimum Gasteiger partial charge on any atom is -0.462 e. The number of fused-ring (bicyclic) bond motifs is 1. The monoisotopic (exact) mass is 252 g/mol. The summed E-state index contributed by atoms with van der Waals surface area (Å²) in [4.78, 5) is 11.7. The zero-order valence-corrected chi connectivity index (χ0v) is 12.2. The Kier molecular flexibility index (Phi) is 4.34. The van der Waals surface area contributed by atoms with Crippen LogP contribution in [0.15, 0.2) is 0 Å². The Hall–Kier alpha value is -0.530. The van der Waals surface area contributed by atoms with E-state index in [0.29, 0.717) is 17.8 Å². The molecule has 2 aliphatic carbocycles. The van der Waals surface area contributed by atoms with Gasteiger partial charge in [0.1, 0.15) is 6.10 Å². The molecule has 0 spiro atoms. The molecule has 0 radical (unpaired) electrons. The van der Waals surface area contributed by atoms with Crippen LogP contribution in [-0.4, -0.2) is 12.1 Å². The Balaban J connectivity index is 2.01. The van der Waals surface area contributed by atoms with Crippen LogP contribution >= 0.6 is 0 Å². The summed E-state index contributed by atoms with van der Waals surface area (Å²) in [5, 5.41) is 0. The van der Waals surface area contributed by atoms with E-state index in [-0.39, 0.29) is 12.1 Å². The van der Waals surface area contributed by atoms with E-state index in [0.717, 1.165) is 18.8 Å². The molecule has 0 aromatic carbocycles. The zero-order chi connectivity index (χ0) is 13.2. The van der Waals surface area contributed by atoms with Crippen molar-refractivity contribution in [2.24, 2.45) is 17.3 Å². The van der Waals surface area contributed by atoms with Gasteiger partial charge in [-0.25, -0.2) is 0 Å². The summed E-state index contributed by atoms with van der Waals surface area (Å²) >= 11 is 0. The smallest absolute Gasteiger partial charge is 0.306 e. The van der Waals surface area contributed by atoms with Gasteiger partial charge >= 0.3 is 5.97 Å². The molecule has 0 amide bonds. The quantitative estimate of drug-likeness (QED) is 0.699. The van der Waals surface area contributed by atoms with E-state index in [1.165, 1.54) is 32.1 Å². The predicted molar refractivity (Wildman–Crippen MR) is 73.3 cm³/mol. The van der Waals surface area contributed by atoms with Gasteiger partial charge in [-0.15, -0.1) is 0 Å². The summed E-state index contributed by atoms with van der Waals surface area (Å²) in [6.45, 7) is 6.84. The second kappa shape index (κ2) is 5.63. The summed E-state index contributed by atoms with van der Waals surface area (Å²) in [5.74, 6) is 1.41. The molecular weight excluding hydrogens is 224 g/mol. The van der Waals surface area contributed by atoms with Gasteiger partial charge in [-0.2, -0.15) is 0 Å². The van der Waals surface area contributed by atoms with Gasteiger partial charge in [0.25, 0.3) is 0 Å². The van der Waals surface area contributed by atoms with Crippen LogP contribution in [0.4, 0.5) is 0 Å². The van der Waals surface area contributed by atoms with Crippen molar-refractivity contribution in [2.75, 3.05) is 0 Å². The van der Waals surface area contributed by atoms with Crippen molar-refractivity contribution in [3.63, 3.8) is 0 Å². The molecule has 0 N–H and O–H groups in total. The first-order valence-electron chi connectivity index (χ1n) is 7.74. The maximum Gasteiger partial charge on any atom is 0.306 e. The minimum absolute atomic E-state index is 0.0199. The average molecular weight is 252 g/mol. The van der Waals surface area contributed by atoms with Crippen molar-refractivity contribution in [3.05, 3.63) is 0 Å². The standard InChI is InChI=1S/C16H28O2/c1-4-7-15(17)18-14-10-5-9-13-12(14)8-6-11-16(13,2)3/h12-14H,4-11H2,1-3H3/t12-,13+,14?/m0/s1. The van der Waals surface area contributed by atoms with Crippen molar-refractivity contribution in [3.8, 4) is 0 Å². The molecule has 0 saturated heterocycles. The summed E-state index contributed by atoms with van der Waals surface area (Å²) in [7, 11) is 0. The van der Waals surface area contributed by atoms with Gasteiger partial charge in [0.15, 0.2) is 0 Å². The largest absolute Gasteiger partial charge is 0.462 e. The van der Waals surface area contributed by atoms with Crippen molar-refractivity contribution in [1.82, 2.24) is 0 Å². The van der Waals surface area contributed by atoms with Crippen LogP contribution in [0, 0.1) is 17.3 Å². The van der Waals surface area contributed by atoms with Gasteiger partial charge in [0, 0.05) is 6.42 Å². The number of carbonyl (C=O) groups is 1. The van der Waals surface area contributed by atoms with Gasteiger partial charge in [0.2, 0.25) is 0 Å². The van der Waals surface area contributed by atoms with Crippen LogP contribution in [0.5, 0.6) is 0 Å². The first-order chi connectivity index (χ1) is 8.54. The van der Waals surface area contributed by atoms with Crippen LogP contribution in [0.3, 0.4) is 0 Å². The first-order valence-corrected chi connectivity index (χ1v) is 7.74. The number of hydrogen-bond donors (Lipinski definition) is 0. The maximum atomic E-state index is 11.7. The molecule has 0 aliphatic heterocycles. The highest BCUT2D eigenvalue weighted by molar-refractivity contribution is 5.69. The van der Waals surface area contributed by atoms with E-state index in [9.17, 15) is 4.79 Å². The van der Waals surface area contributed by atoms with E-state index >= 15 is 0 Å². The van der Waals surface area contributed by atoms with Crippen LogP contribution in [0.2, 0.25) is 0 Å². The van der Waals surface area contributed by atoms with Crippen LogP contribution < -0.4 is 0 Å². The Morgan fingerprint density at radius 3 is 2.72 bits per heavy atom. The van der Waals surface area contributed by atoms with E-state index in [1.807, 2.05) is 6.92 Å². The molecule has 3 atom stereocenters. The highest BCUT2D eigenvalue weighted by Crippen LogP contribution is 2.51. The molecule has 0 aromatic rings. The molecule has 2 fully saturated rings. The summed E-state index contributed by atoms with van der Waals surface area (Å²) < 4.78 is 5.76. The van der Waals surface area contributed by atoms with Crippen molar-refractivity contribution in [2.45, 2.75) is 78.2 Å². The van der Waals surface area contributed by atoms with Gasteiger partial charge in [-0.3, -0.25) is 4.79 Å². The molecule has 1 unspecified atom stereocenters. The Labute approximate surface area is 111 Å². The number of ether oxygens (including phenoxy) is 1. The molecule has 0 heterocycles. The fraction of sp³-hybridized carbons (Fsp3) is 0.938. The van der Waals surface area contributed by atoms with Crippen LogP contribution in [0.25, 0.3) is 0 Å². The predicted octanol–water partition coefficient (Wildman–Crippen LogP) is 4.32. The van der Waals surface area contributed by atoms with Gasteiger partial charge in [-0.05, 0) is 55.8 Å². The highest BCUT2D eigenvalue weighted by atomic mass is 16.5. The normalized spacial score (nSPS) is 34.7. The molecule has 2 rings (SSSR count). The second-order valence-electron chi connectivity index (χ2n) is 6.86. The molecule has 0 aromatic heterocycles. The first kappa shape index (κ1) is 13.9. The van der Waals surface area contributed by atoms with E-state index in [2.05, 4.69) is 13.8 Å². The molecule has 2 nitrogen and oxygen atoms in total. The summed E-state index contributed by atoms with van der Waals surface area (Å²) in [6, 6.07) is 0. The van der Waals surface area contributed by atoms with Crippen molar-refractivity contribution in [1.29, 1.82) is 0 Å². The lowest BCUT2D eigenvalue weighted by atomic mass is 9.58. The third-order valence-electron chi connectivity index (χ3n) is 5.10. The molecular formula is C16H28O2. The fourth-order valence-corrected chi connectivity index (χ4v) is 4.14.